The molecule has 4 heteroatoms. The summed E-state index contributed by atoms with van der Waals surface area (Å²) in [6.07, 6.45) is 1.83. The molecule has 0 aliphatic rings. The maximum absolute atomic E-state index is 5.40. The Labute approximate surface area is 97.0 Å². The molecule has 0 bridgehead atoms. The fourth-order valence-corrected chi connectivity index (χ4v) is 1.57. The van der Waals surface area contributed by atoms with Crippen LogP contribution in [0, 0.1) is 0 Å². The lowest BCUT2D eigenvalue weighted by atomic mass is 10.3. The quantitative estimate of drug-likeness (QED) is 0.907. The highest BCUT2D eigenvalue weighted by atomic mass is 79.9. The second kappa shape index (κ2) is 5.94. The molecule has 0 spiro atoms. The lowest BCUT2D eigenvalue weighted by Crippen LogP contribution is -1.98. The highest BCUT2D eigenvalue weighted by Crippen LogP contribution is 2.26. The summed E-state index contributed by atoms with van der Waals surface area (Å²) >= 11 is 8.84. The Kier molecular flexibility index (Phi) is 4.84. The van der Waals surface area contributed by atoms with Gasteiger partial charge in [-0.3, -0.25) is 0 Å². The summed E-state index contributed by atoms with van der Waals surface area (Å²) in [6, 6.07) is 5.76. The molecule has 1 aromatic rings. The van der Waals surface area contributed by atoms with E-state index in [0.29, 0.717) is 6.54 Å². The van der Waals surface area contributed by atoms with Crippen LogP contribution in [-0.2, 0) is 0 Å². The first-order valence-corrected chi connectivity index (χ1v) is 5.33. The fourth-order valence-electron chi connectivity index (χ4n) is 0.980. The molecule has 0 saturated heterocycles. The average molecular weight is 277 g/mol. The van der Waals surface area contributed by atoms with Gasteiger partial charge in [-0.15, -0.1) is 0 Å². The van der Waals surface area contributed by atoms with E-state index in [1.807, 2.05) is 24.3 Å². The van der Waals surface area contributed by atoms with E-state index in [-0.39, 0.29) is 0 Å². The molecule has 0 heterocycles. The van der Waals surface area contributed by atoms with Crippen molar-refractivity contribution in [2.75, 3.05) is 19.0 Å². The van der Waals surface area contributed by atoms with Crippen molar-refractivity contribution >= 4 is 33.2 Å². The van der Waals surface area contributed by atoms with Crippen molar-refractivity contribution in [1.29, 1.82) is 0 Å². The minimum atomic E-state index is 0.703. The largest absolute Gasteiger partial charge is 0.497 e. The van der Waals surface area contributed by atoms with Crippen LogP contribution in [0.25, 0.3) is 0 Å². The predicted molar refractivity (Wildman–Crippen MR) is 64.2 cm³/mol. The molecule has 0 radical (unpaired) electrons. The Morgan fingerprint density at radius 2 is 2.36 bits per heavy atom. The first-order chi connectivity index (χ1) is 6.77. The number of hydrogen-bond donors (Lipinski definition) is 1. The third kappa shape index (κ3) is 3.24. The molecule has 0 saturated carbocycles. The van der Waals surface area contributed by atoms with Gasteiger partial charge in [0.15, 0.2) is 0 Å². The lowest BCUT2D eigenvalue weighted by molar-refractivity contribution is 0.414. The van der Waals surface area contributed by atoms with E-state index in [2.05, 4.69) is 21.2 Å². The molecule has 0 fully saturated rings. The zero-order valence-electron chi connectivity index (χ0n) is 7.76. The number of benzene rings is 1. The van der Waals surface area contributed by atoms with E-state index in [1.165, 1.54) is 5.54 Å². The number of nitrogens with one attached hydrogen (secondary N) is 1. The van der Waals surface area contributed by atoms with Gasteiger partial charge in [-0.2, -0.15) is 0 Å². The van der Waals surface area contributed by atoms with Crippen LogP contribution in [0.5, 0.6) is 5.75 Å². The van der Waals surface area contributed by atoms with Crippen LogP contribution < -0.4 is 10.1 Å². The van der Waals surface area contributed by atoms with Crippen LogP contribution >= 0.6 is 27.5 Å². The van der Waals surface area contributed by atoms with Gasteiger partial charge in [-0.25, -0.2) is 0 Å². The first-order valence-electron chi connectivity index (χ1n) is 4.10. The Hall–Kier alpha value is -0.670. The Morgan fingerprint density at radius 1 is 1.57 bits per heavy atom. The standard InChI is InChI=1S/C10H11BrClNO/c1-14-8-3-4-10(9(11)7-8)13-6-2-5-12/h2-5,7,13H,6H2,1H3/b5-2+. The molecule has 0 aliphatic heterocycles. The molecule has 0 atom stereocenters. The minimum Gasteiger partial charge on any atom is -0.497 e. The van der Waals surface area contributed by atoms with Crippen molar-refractivity contribution in [3.8, 4) is 5.75 Å². The topological polar surface area (TPSA) is 21.3 Å². The third-order valence-electron chi connectivity index (χ3n) is 1.68. The van der Waals surface area contributed by atoms with Gasteiger partial charge in [-0.1, -0.05) is 17.7 Å². The first kappa shape index (κ1) is 11.4. The predicted octanol–water partition coefficient (Wildman–Crippen LogP) is 3.62. The van der Waals surface area contributed by atoms with E-state index in [4.69, 9.17) is 16.3 Å². The van der Waals surface area contributed by atoms with Gasteiger partial charge in [0.2, 0.25) is 0 Å². The lowest BCUT2D eigenvalue weighted by Gasteiger charge is -2.07. The highest BCUT2D eigenvalue weighted by molar-refractivity contribution is 9.10. The van der Waals surface area contributed by atoms with Gasteiger partial charge in [0.05, 0.1) is 7.11 Å². The molecule has 76 valence electrons. The molecule has 0 amide bonds. The summed E-state index contributed by atoms with van der Waals surface area (Å²) in [5.41, 5.74) is 2.50. The van der Waals surface area contributed by atoms with Crippen molar-refractivity contribution in [2.24, 2.45) is 0 Å². The monoisotopic (exact) mass is 275 g/mol. The highest BCUT2D eigenvalue weighted by Gasteiger charge is 1.99. The smallest absolute Gasteiger partial charge is 0.120 e. The molecule has 14 heavy (non-hydrogen) atoms. The maximum Gasteiger partial charge on any atom is 0.120 e. The maximum atomic E-state index is 5.40. The van der Waals surface area contributed by atoms with E-state index >= 15 is 0 Å². The van der Waals surface area contributed by atoms with E-state index in [0.717, 1.165) is 15.9 Å². The zero-order chi connectivity index (χ0) is 10.4. The summed E-state index contributed by atoms with van der Waals surface area (Å²) in [7, 11) is 1.64. The second-order valence-corrected chi connectivity index (χ2v) is 3.69. The summed E-state index contributed by atoms with van der Waals surface area (Å²) < 4.78 is 6.05. The summed E-state index contributed by atoms with van der Waals surface area (Å²) in [4.78, 5) is 0. The van der Waals surface area contributed by atoms with Crippen molar-refractivity contribution in [3.05, 3.63) is 34.3 Å². The van der Waals surface area contributed by atoms with E-state index < -0.39 is 0 Å². The van der Waals surface area contributed by atoms with Crippen LogP contribution in [0.4, 0.5) is 5.69 Å². The van der Waals surface area contributed by atoms with Crippen LogP contribution in [0.2, 0.25) is 0 Å². The molecule has 0 unspecified atom stereocenters. The van der Waals surface area contributed by atoms with Crippen LogP contribution in [-0.4, -0.2) is 13.7 Å². The minimum absolute atomic E-state index is 0.703. The zero-order valence-corrected chi connectivity index (χ0v) is 10.1. The summed E-state index contributed by atoms with van der Waals surface area (Å²) in [5, 5.41) is 3.19. The molecule has 0 aliphatic carbocycles. The third-order valence-corrected chi connectivity index (χ3v) is 2.51. The van der Waals surface area contributed by atoms with Gasteiger partial charge in [0.25, 0.3) is 0 Å². The summed E-state index contributed by atoms with van der Waals surface area (Å²) in [5.74, 6) is 0.829. The average Bonchev–Trinajstić information content (AvgIpc) is 2.20. The number of halogens is 2. The fraction of sp³-hybridized carbons (Fsp3) is 0.200. The second-order valence-electron chi connectivity index (χ2n) is 2.59. The van der Waals surface area contributed by atoms with Crippen molar-refractivity contribution in [2.45, 2.75) is 0 Å². The van der Waals surface area contributed by atoms with Crippen molar-refractivity contribution in [3.63, 3.8) is 0 Å². The molecule has 1 N–H and O–H groups in total. The molecule has 2 nitrogen and oxygen atoms in total. The number of anilines is 1. The van der Waals surface area contributed by atoms with Crippen molar-refractivity contribution < 1.29 is 4.74 Å². The van der Waals surface area contributed by atoms with Gasteiger partial charge >= 0.3 is 0 Å². The summed E-state index contributed by atoms with van der Waals surface area (Å²) in [6.45, 7) is 0.703. The molecule has 1 aromatic carbocycles. The Bertz CT molecular complexity index is 328. The number of rotatable bonds is 4. The molecular formula is C10H11BrClNO. The Morgan fingerprint density at radius 3 is 2.93 bits per heavy atom. The van der Waals surface area contributed by atoms with Crippen LogP contribution in [0.1, 0.15) is 0 Å². The number of hydrogen-bond acceptors (Lipinski definition) is 2. The SMILES string of the molecule is COc1ccc(NC/C=C/Cl)c(Br)c1. The van der Waals surface area contributed by atoms with Crippen LogP contribution in [0.3, 0.4) is 0 Å². The number of ether oxygens (including phenoxy) is 1. The van der Waals surface area contributed by atoms with Gasteiger partial charge in [-0.05, 0) is 34.1 Å². The van der Waals surface area contributed by atoms with Crippen molar-refractivity contribution in [1.82, 2.24) is 0 Å². The number of methoxy groups -OCH3 is 1. The van der Waals surface area contributed by atoms with E-state index in [1.54, 1.807) is 7.11 Å². The Balaban J connectivity index is 2.68. The van der Waals surface area contributed by atoms with E-state index in [9.17, 15) is 0 Å². The molecule has 0 aromatic heterocycles. The molecular weight excluding hydrogens is 265 g/mol. The van der Waals surface area contributed by atoms with Gasteiger partial charge in [0.1, 0.15) is 5.75 Å². The molecule has 1 rings (SSSR count). The van der Waals surface area contributed by atoms with Gasteiger partial charge < -0.3 is 10.1 Å². The normalized spacial score (nSPS) is 10.5. The van der Waals surface area contributed by atoms with Crippen LogP contribution in [0.15, 0.2) is 34.3 Å². The van der Waals surface area contributed by atoms with Gasteiger partial charge in [0, 0.05) is 22.2 Å².